The minimum absolute atomic E-state index is 0. The molecule has 18 heteroatoms. The van der Waals surface area contributed by atoms with E-state index in [4.69, 9.17) is 44.3 Å². The number of aliphatic hydroxyl groups is 1. The van der Waals surface area contributed by atoms with Crippen LogP contribution in [0.15, 0.2) is 111 Å². The second kappa shape index (κ2) is 24.9. The standard InChI is InChI=1S/C19H26ClN3O.C18H22ClN3O.C17H20ClN3O.B.2Na.H/c1-3-18(4-2)10-9-16(11-15-5-7-17(20)8-6-15)19(18,24)12-23-14-21-13-22-23;1-2-17-8-7-15(9-14-3-5-16(19)6-4-14)18(17,23-11-17)10-22-13-20-12-21-22;1-16-7-6-14(8-13-2-4-15(18)5-3-13)17(16,22-10-16)9-21-12-19-11-20-21;;;;/h5-8,13-14,16,24H,3-4,9-12H2,1-2H3;3-6,12-13,15H,2,7-11H2,1H3;2-5,11-12,14H,6-10H2,1H3;;;;/q;;;;2*+1;-1. The van der Waals surface area contributed by atoms with Crippen molar-refractivity contribution in [2.75, 3.05) is 13.2 Å². The molecule has 3 aromatic carbocycles. The van der Waals surface area contributed by atoms with Crippen molar-refractivity contribution in [2.24, 2.45) is 34.0 Å². The van der Waals surface area contributed by atoms with Crippen LogP contribution >= 0.6 is 34.8 Å². The molecule has 5 fully saturated rings. The molecule has 8 atom stereocenters. The van der Waals surface area contributed by atoms with Crippen LogP contribution in [0.2, 0.25) is 15.1 Å². The smallest absolute Gasteiger partial charge is 1.00 e. The molecule has 3 aliphatic carbocycles. The molecule has 5 heterocycles. The second-order valence-corrected chi connectivity index (χ2v) is 22.2. The van der Waals surface area contributed by atoms with E-state index >= 15 is 0 Å². The molecule has 3 saturated carbocycles. The molecule has 5 aliphatic rings. The van der Waals surface area contributed by atoms with Crippen LogP contribution in [0.3, 0.4) is 0 Å². The van der Waals surface area contributed by atoms with E-state index in [1.165, 1.54) is 55.1 Å². The third-order valence-electron chi connectivity index (χ3n) is 17.9. The van der Waals surface area contributed by atoms with Crippen molar-refractivity contribution in [1.29, 1.82) is 0 Å². The van der Waals surface area contributed by atoms with Crippen molar-refractivity contribution in [3.8, 4) is 0 Å². The Labute approximate surface area is 489 Å². The van der Waals surface area contributed by atoms with Crippen molar-refractivity contribution in [1.82, 2.24) is 44.3 Å². The zero-order valence-electron chi connectivity index (χ0n) is 44.1. The first-order valence-corrected chi connectivity index (χ1v) is 26.2. The first-order valence-electron chi connectivity index (χ1n) is 25.0. The molecule has 2 aliphatic heterocycles. The largest absolute Gasteiger partial charge is 1.00 e. The zero-order chi connectivity index (χ0) is 48.3. The van der Waals surface area contributed by atoms with E-state index in [2.05, 4.69) is 94.3 Å². The Balaban J connectivity index is 0.000000198. The number of ether oxygens (including phenoxy) is 2. The second-order valence-electron chi connectivity index (χ2n) is 20.9. The number of nitrogens with zero attached hydrogens (tertiary/aromatic N) is 9. The number of hydrogen-bond donors (Lipinski definition) is 1. The Kier molecular flexibility index (Phi) is 20.5. The van der Waals surface area contributed by atoms with Crippen LogP contribution in [0.4, 0.5) is 0 Å². The first kappa shape index (κ1) is 59.1. The van der Waals surface area contributed by atoms with E-state index in [9.17, 15) is 5.11 Å². The van der Waals surface area contributed by atoms with Crippen LogP contribution in [0.5, 0.6) is 0 Å². The van der Waals surface area contributed by atoms with E-state index in [0.29, 0.717) is 23.8 Å². The molecule has 72 heavy (non-hydrogen) atoms. The van der Waals surface area contributed by atoms with E-state index in [-0.39, 0.29) is 96.9 Å². The van der Waals surface area contributed by atoms with Gasteiger partial charge in [-0.2, -0.15) is 15.3 Å². The summed E-state index contributed by atoms with van der Waals surface area (Å²) in [5, 5.41) is 27.0. The SMILES string of the molecule is CC12CCC(Cc3ccc(Cl)cc3)C1(Cn1cncn1)OC2.CCC1(CC)CCC(Cc2ccc(Cl)cc2)C1(O)Cn1cncn1.CCC12CCC(Cc3ccc(Cl)cc3)C1(Cn1cncn1)OC2.[B].[H-].[Na+].[Na+]. The Morgan fingerprint density at radius 2 is 0.958 bits per heavy atom. The summed E-state index contributed by atoms with van der Waals surface area (Å²) >= 11 is 18.0. The summed E-state index contributed by atoms with van der Waals surface area (Å²) in [7, 11) is 0. The summed E-state index contributed by atoms with van der Waals surface area (Å²) in [5.74, 6) is 1.24. The van der Waals surface area contributed by atoms with Gasteiger partial charge in [0.1, 0.15) is 38.0 Å². The molecule has 3 radical (unpaired) electrons. The third-order valence-corrected chi connectivity index (χ3v) is 18.6. The van der Waals surface area contributed by atoms with Crippen molar-refractivity contribution < 1.29 is 75.1 Å². The van der Waals surface area contributed by atoms with Gasteiger partial charge < -0.3 is 16.0 Å². The average molecular weight is 1060 g/mol. The first-order chi connectivity index (χ1) is 33.3. The Bertz CT molecular complexity index is 2570. The molecule has 11 rings (SSSR count). The molecule has 2 saturated heterocycles. The summed E-state index contributed by atoms with van der Waals surface area (Å²) < 4.78 is 18.1. The normalized spacial score (nSPS) is 29.2. The van der Waals surface area contributed by atoms with Gasteiger partial charge in [0.2, 0.25) is 0 Å². The Morgan fingerprint density at radius 3 is 1.35 bits per heavy atom. The maximum atomic E-state index is 11.8. The van der Waals surface area contributed by atoms with Gasteiger partial charge in [0, 0.05) is 39.7 Å². The zero-order valence-corrected chi connectivity index (χ0v) is 49.4. The average Bonchev–Trinajstić information content (AvgIpc) is 4.23. The van der Waals surface area contributed by atoms with Gasteiger partial charge in [-0.05, 0) is 148 Å². The summed E-state index contributed by atoms with van der Waals surface area (Å²) in [6, 6.07) is 24.4. The van der Waals surface area contributed by atoms with Crippen LogP contribution in [0, 0.1) is 34.0 Å². The van der Waals surface area contributed by atoms with Gasteiger partial charge in [-0.25, -0.2) is 15.0 Å². The number of benzene rings is 3. The Morgan fingerprint density at radius 1 is 0.556 bits per heavy atom. The number of hydrogen-bond acceptors (Lipinski definition) is 9. The molecule has 0 amide bonds. The van der Waals surface area contributed by atoms with Crippen LogP contribution in [0.25, 0.3) is 0 Å². The molecular weight excluding hydrogens is 986 g/mol. The number of halogens is 3. The molecule has 8 unspecified atom stereocenters. The van der Waals surface area contributed by atoms with E-state index in [1.54, 1.807) is 36.3 Å². The molecule has 6 aromatic rings. The monoisotopic (exact) mass is 1050 g/mol. The summed E-state index contributed by atoms with van der Waals surface area (Å²) in [6.45, 7) is 12.9. The number of rotatable bonds is 15. The van der Waals surface area contributed by atoms with Crippen molar-refractivity contribution in [3.05, 3.63) is 143 Å². The molecule has 373 valence electrons. The minimum atomic E-state index is -0.774. The predicted octanol–water partition coefficient (Wildman–Crippen LogP) is 4.97. The summed E-state index contributed by atoms with van der Waals surface area (Å²) in [6.07, 6.45) is 23.0. The molecule has 0 spiro atoms. The molecular formula is C54H69BCl3N9Na2O3+. The van der Waals surface area contributed by atoms with E-state index < -0.39 is 5.60 Å². The predicted molar refractivity (Wildman–Crippen MR) is 277 cm³/mol. The maximum Gasteiger partial charge on any atom is 1.00 e. The quantitative estimate of drug-likeness (QED) is 0.142. The summed E-state index contributed by atoms with van der Waals surface area (Å²) in [4.78, 5) is 12.2. The number of fused-ring (bicyclic) bond motifs is 2. The molecule has 1 N–H and O–H groups in total. The van der Waals surface area contributed by atoms with Crippen LogP contribution < -0.4 is 59.1 Å². The topological polar surface area (TPSA) is 131 Å². The molecule has 12 nitrogen and oxygen atoms in total. The molecule has 0 bridgehead atoms. The van der Waals surface area contributed by atoms with Gasteiger partial charge in [0.25, 0.3) is 0 Å². The van der Waals surface area contributed by atoms with Gasteiger partial charge in [0.05, 0.1) is 49.7 Å². The fraction of sp³-hybridized carbons (Fsp3) is 0.556. The van der Waals surface area contributed by atoms with Gasteiger partial charge in [-0.3, -0.25) is 14.0 Å². The van der Waals surface area contributed by atoms with E-state index in [0.717, 1.165) is 86.3 Å². The van der Waals surface area contributed by atoms with Crippen molar-refractivity contribution >= 4 is 43.2 Å². The van der Waals surface area contributed by atoms with Gasteiger partial charge in [0.15, 0.2) is 0 Å². The van der Waals surface area contributed by atoms with Crippen LogP contribution in [0.1, 0.15) is 104 Å². The van der Waals surface area contributed by atoms with Crippen LogP contribution in [-0.4, -0.2) is 87.8 Å². The summed E-state index contributed by atoms with van der Waals surface area (Å²) in [5.41, 5.74) is 3.40. The van der Waals surface area contributed by atoms with Crippen LogP contribution in [-0.2, 0) is 48.4 Å². The Hall–Kier alpha value is -2.11. The number of aromatic nitrogens is 9. The van der Waals surface area contributed by atoms with Crippen molar-refractivity contribution in [3.63, 3.8) is 0 Å². The van der Waals surface area contributed by atoms with Gasteiger partial charge in [-0.15, -0.1) is 0 Å². The van der Waals surface area contributed by atoms with Gasteiger partial charge in [-0.1, -0.05) is 98.9 Å². The van der Waals surface area contributed by atoms with Gasteiger partial charge >= 0.3 is 59.1 Å². The third kappa shape index (κ3) is 11.6. The van der Waals surface area contributed by atoms with Crippen molar-refractivity contribution in [2.45, 2.75) is 141 Å². The van der Waals surface area contributed by atoms with E-state index in [1.807, 2.05) is 45.8 Å². The molecule has 3 aromatic heterocycles. The maximum absolute atomic E-state index is 11.8. The fourth-order valence-electron chi connectivity index (χ4n) is 13.4. The minimum Gasteiger partial charge on any atom is -1.00 e. The fourth-order valence-corrected chi connectivity index (χ4v) is 13.8.